The van der Waals surface area contributed by atoms with Crippen molar-refractivity contribution in [1.82, 2.24) is 14.5 Å². The molecule has 0 saturated carbocycles. The van der Waals surface area contributed by atoms with Gasteiger partial charge in [0.2, 0.25) is 0 Å². The van der Waals surface area contributed by atoms with Crippen molar-refractivity contribution in [3.8, 4) is 0 Å². The van der Waals surface area contributed by atoms with Gasteiger partial charge in [0.25, 0.3) is 5.91 Å². The topological polar surface area (TPSA) is 86.4 Å². The number of rotatable bonds is 6. The van der Waals surface area contributed by atoms with Crippen LogP contribution in [-0.4, -0.2) is 26.9 Å². The second-order valence-corrected chi connectivity index (χ2v) is 7.94. The summed E-state index contributed by atoms with van der Waals surface area (Å²) in [6, 6.07) is 6.08. The third-order valence-electron chi connectivity index (χ3n) is 5.02. The van der Waals surface area contributed by atoms with E-state index < -0.39 is 23.8 Å². The van der Waals surface area contributed by atoms with E-state index in [0.717, 1.165) is 6.20 Å². The second kappa shape index (κ2) is 8.70. The minimum atomic E-state index is -4.59. The molecule has 3 rings (SSSR count). The first-order valence-corrected chi connectivity index (χ1v) is 9.99. The van der Waals surface area contributed by atoms with Gasteiger partial charge in [0.1, 0.15) is 11.9 Å². The van der Waals surface area contributed by atoms with Crippen LogP contribution in [0.25, 0.3) is 0 Å². The number of anilines is 1. The highest BCUT2D eigenvalue weighted by atomic mass is 35.5. The van der Waals surface area contributed by atoms with Crippen LogP contribution >= 0.6 is 11.6 Å². The molecule has 11 heteroatoms. The van der Waals surface area contributed by atoms with Crippen molar-refractivity contribution in [3.63, 3.8) is 0 Å². The Kier molecular flexibility index (Phi) is 6.40. The third kappa shape index (κ3) is 4.73. The number of halogens is 4. The van der Waals surface area contributed by atoms with Gasteiger partial charge < -0.3 is 9.88 Å². The Bertz CT molecular complexity index is 1010. The Labute approximate surface area is 182 Å². The minimum Gasteiger partial charge on any atom is -0.356 e. The van der Waals surface area contributed by atoms with E-state index >= 15 is 0 Å². The molecule has 2 heterocycles. The molecule has 1 amide bonds. The number of alkyl halides is 3. The van der Waals surface area contributed by atoms with E-state index in [2.05, 4.69) is 15.4 Å². The van der Waals surface area contributed by atoms with Gasteiger partial charge in [-0.2, -0.15) is 13.2 Å². The molecule has 0 bridgehead atoms. The van der Waals surface area contributed by atoms with Gasteiger partial charge in [-0.3, -0.25) is 9.69 Å². The molecule has 31 heavy (non-hydrogen) atoms. The normalized spacial score (nSPS) is 17.9. The summed E-state index contributed by atoms with van der Waals surface area (Å²) in [5.41, 5.74) is 7.90. The predicted molar refractivity (Wildman–Crippen MR) is 109 cm³/mol. The molecule has 2 aromatic rings. The summed E-state index contributed by atoms with van der Waals surface area (Å²) in [5, 5.41) is 7.35. The van der Waals surface area contributed by atoms with Gasteiger partial charge in [0, 0.05) is 23.5 Å². The van der Waals surface area contributed by atoms with Crippen LogP contribution in [0.15, 0.2) is 47.1 Å². The first kappa shape index (κ1) is 22.8. The van der Waals surface area contributed by atoms with Gasteiger partial charge in [-0.15, -0.1) is 5.11 Å². The Morgan fingerprint density at radius 1 is 1.32 bits per heavy atom. The Morgan fingerprint density at radius 2 is 1.97 bits per heavy atom. The molecule has 1 aliphatic rings. The van der Waals surface area contributed by atoms with E-state index in [1.807, 2.05) is 13.8 Å². The molecule has 1 aliphatic heterocycles. The summed E-state index contributed by atoms with van der Waals surface area (Å²) in [4.78, 5) is 18.0. The largest absolute Gasteiger partial charge is 0.434 e. The van der Waals surface area contributed by atoms with Crippen molar-refractivity contribution >= 4 is 23.2 Å². The number of hydrogen-bond acceptors (Lipinski definition) is 5. The average molecular weight is 455 g/mol. The van der Waals surface area contributed by atoms with Crippen molar-refractivity contribution in [2.45, 2.75) is 39.4 Å². The van der Waals surface area contributed by atoms with Crippen molar-refractivity contribution in [3.05, 3.63) is 58.5 Å². The fourth-order valence-electron chi connectivity index (χ4n) is 3.48. The molecule has 166 valence electrons. The molecule has 1 aromatic carbocycles. The zero-order chi connectivity index (χ0) is 22.9. The summed E-state index contributed by atoms with van der Waals surface area (Å²) in [6.45, 7) is 5.42. The number of carbonyl (C=O) groups is 1. The third-order valence-corrected chi connectivity index (χ3v) is 5.28. The molecule has 7 nitrogen and oxygen atoms in total. The zero-order valence-corrected chi connectivity index (χ0v) is 17.9. The fraction of sp³-hybridized carbons (Fsp3) is 0.400. The second-order valence-electron chi connectivity index (χ2n) is 7.51. The molecular formula is C20H22ClF3N6O. The van der Waals surface area contributed by atoms with E-state index in [9.17, 15) is 18.0 Å². The van der Waals surface area contributed by atoms with Crippen LogP contribution < -0.4 is 5.32 Å². The van der Waals surface area contributed by atoms with E-state index in [1.165, 1.54) is 16.4 Å². The molecule has 0 unspecified atom stereocenters. The maximum absolute atomic E-state index is 13.1. The maximum atomic E-state index is 13.1. The van der Waals surface area contributed by atoms with E-state index in [-0.39, 0.29) is 30.5 Å². The average Bonchev–Trinajstić information content (AvgIpc) is 3.26. The lowest BCUT2D eigenvalue weighted by Crippen LogP contribution is -2.30. The molecule has 0 aliphatic carbocycles. The van der Waals surface area contributed by atoms with E-state index in [0.29, 0.717) is 16.4 Å². The molecule has 0 radical (unpaired) electrons. The number of carbonyl (C=O) groups excluding carboxylic acids is 1. The number of aromatic nitrogens is 2. The quantitative estimate of drug-likeness (QED) is 0.556. The first-order chi connectivity index (χ1) is 14.5. The Hall–Kier alpha value is -2.88. The number of likely N-dealkylation sites (tertiary alicyclic amines) is 1. The smallest absolute Gasteiger partial charge is 0.356 e. The van der Waals surface area contributed by atoms with E-state index in [1.54, 1.807) is 24.3 Å². The van der Waals surface area contributed by atoms with Crippen molar-refractivity contribution < 1.29 is 18.0 Å². The van der Waals surface area contributed by atoms with Gasteiger partial charge in [0.15, 0.2) is 11.5 Å². The van der Waals surface area contributed by atoms with Crippen LogP contribution in [0.1, 0.15) is 37.8 Å². The molecule has 1 atom stereocenters. The summed E-state index contributed by atoms with van der Waals surface area (Å²) in [6.07, 6.45) is -3.46. The Morgan fingerprint density at radius 3 is 2.48 bits per heavy atom. The summed E-state index contributed by atoms with van der Waals surface area (Å²) in [7, 11) is 0. The Balaban J connectivity index is 1.93. The molecule has 1 aromatic heterocycles. The number of amides is 1. The maximum Gasteiger partial charge on any atom is 0.434 e. The van der Waals surface area contributed by atoms with Crippen LogP contribution in [-0.2, 0) is 11.0 Å². The van der Waals surface area contributed by atoms with Crippen molar-refractivity contribution in [2.75, 3.05) is 11.9 Å². The van der Waals surface area contributed by atoms with Gasteiger partial charge in [-0.1, -0.05) is 25.4 Å². The number of hydrogen-bond donors (Lipinski definition) is 2. The monoisotopic (exact) mass is 454 g/mol. The standard InChI is InChI=1S/C20H22ClF3N6O/c1-11(2)17(27-14-6-4-13(21)5-7-14)18(28-25)29-9-8-15(19(29)31)30-10-16(20(22,23)24)26-12(30)3/h4-7,10-11,15,25,27H,8-9H2,1-3H3/b18-17+,28-25?/t15-/m0/s1. The number of imidazole rings is 1. The summed E-state index contributed by atoms with van der Waals surface area (Å²) < 4.78 is 40.3. The minimum absolute atomic E-state index is 0.101. The summed E-state index contributed by atoms with van der Waals surface area (Å²) in [5.74, 6) is -0.315. The van der Waals surface area contributed by atoms with Crippen LogP contribution in [0.5, 0.6) is 0 Å². The van der Waals surface area contributed by atoms with Gasteiger partial charge in [-0.25, -0.2) is 10.5 Å². The lowest BCUT2D eigenvalue weighted by Gasteiger charge is -2.23. The van der Waals surface area contributed by atoms with E-state index in [4.69, 9.17) is 17.1 Å². The zero-order valence-electron chi connectivity index (χ0n) is 17.2. The SMILES string of the molecule is Cc1nc(C(F)(F)F)cn1[C@H]1CCN(/C(N=N)=C(/Nc2ccc(Cl)cc2)C(C)C)C1=O. The van der Waals surface area contributed by atoms with Gasteiger partial charge in [-0.05, 0) is 43.5 Å². The number of allylic oxidation sites excluding steroid dienone is 1. The van der Waals surface area contributed by atoms with Gasteiger partial charge in [0.05, 0.1) is 5.70 Å². The number of nitrogens with zero attached hydrogens (tertiary/aromatic N) is 4. The van der Waals surface area contributed by atoms with Crippen LogP contribution in [0.3, 0.4) is 0 Å². The molecular weight excluding hydrogens is 433 g/mol. The van der Waals surface area contributed by atoms with Crippen LogP contribution in [0.2, 0.25) is 5.02 Å². The number of nitrogens with one attached hydrogen (secondary N) is 2. The predicted octanol–water partition coefficient (Wildman–Crippen LogP) is 5.61. The lowest BCUT2D eigenvalue weighted by atomic mass is 10.1. The first-order valence-electron chi connectivity index (χ1n) is 9.61. The van der Waals surface area contributed by atoms with Crippen molar-refractivity contribution in [2.24, 2.45) is 11.0 Å². The highest BCUT2D eigenvalue weighted by Crippen LogP contribution is 2.34. The molecule has 0 spiro atoms. The molecule has 1 fully saturated rings. The highest BCUT2D eigenvalue weighted by molar-refractivity contribution is 6.30. The van der Waals surface area contributed by atoms with Crippen LogP contribution in [0, 0.1) is 18.4 Å². The fourth-order valence-corrected chi connectivity index (χ4v) is 3.61. The lowest BCUT2D eigenvalue weighted by molar-refractivity contribution is -0.141. The van der Waals surface area contributed by atoms with Crippen LogP contribution in [0.4, 0.5) is 18.9 Å². The molecule has 1 saturated heterocycles. The number of aryl methyl sites for hydroxylation is 1. The van der Waals surface area contributed by atoms with Gasteiger partial charge >= 0.3 is 6.18 Å². The van der Waals surface area contributed by atoms with Crippen molar-refractivity contribution in [1.29, 1.82) is 5.53 Å². The number of benzene rings is 1. The summed E-state index contributed by atoms with van der Waals surface area (Å²) >= 11 is 5.92. The highest BCUT2D eigenvalue weighted by Gasteiger charge is 2.40. The molecule has 2 N–H and O–H groups in total.